The van der Waals surface area contributed by atoms with Crippen molar-refractivity contribution in [2.24, 2.45) is 10.2 Å². The van der Waals surface area contributed by atoms with Gasteiger partial charge in [0.1, 0.15) is 0 Å². The number of rotatable bonds is 4. The number of benzene rings is 2. The van der Waals surface area contributed by atoms with Gasteiger partial charge in [0.2, 0.25) is 10.0 Å². The predicted molar refractivity (Wildman–Crippen MR) is 103 cm³/mol. The maximum atomic E-state index is 12.7. The normalized spacial score (nSPS) is 16.4. The highest BCUT2D eigenvalue weighted by Gasteiger charge is 2.27. The Bertz CT molecular complexity index is 1020. The van der Waals surface area contributed by atoms with Crippen LogP contribution in [-0.2, 0) is 21.2 Å². The van der Waals surface area contributed by atoms with E-state index in [0.29, 0.717) is 19.5 Å². The Hall–Kier alpha value is -2.71. The van der Waals surface area contributed by atoms with E-state index < -0.39 is 10.0 Å². The van der Waals surface area contributed by atoms with Gasteiger partial charge in [-0.05, 0) is 35.7 Å². The van der Waals surface area contributed by atoms with Gasteiger partial charge in [-0.2, -0.15) is 5.10 Å². The Morgan fingerprint density at radius 3 is 2.59 bits per heavy atom. The van der Waals surface area contributed by atoms with E-state index in [1.807, 2.05) is 35.2 Å². The molecule has 8 heteroatoms. The lowest BCUT2D eigenvalue weighted by Crippen LogP contribution is -2.36. The molecule has 0 radical (unpaired) electrons. The molecule has 2 aromatic carbocycles. The highest BCUT2D eigenvalue weighted by Crippen LogP contribution is 2.30. The van der Waals surface area contributed by atoms with Crippen molar-refractivity contribution in [3.05, 3.63) is 59.7 Å². The van der Waals surface area contributed by atoms with Crippen LogP contribution in [0, 0.1) is 0 Å². The summed E-state index contributed by atoms with van der Waals surface area (Å²) in [7, 11) is -3.72. The summed E-state index contributed by atoms with van der Waals surface area (Å²) in [5, 5.41) is 11.2. The fourth-order valence-electron chi connectivity index (χ4n) is 3.50. The maximum absolute atomic E-state index is 12.7. The van der Waals surface area contributed by atoms with Gasteiger partial charge >= 0.3 is 0 Å². The molecule has 2 aliphatic heterocycles. The van der Waals surface area contributed by atoms with Gasteiger partial charge in [0.05, 0.1) is 23.7 Å². The zero-order chi connectivity index (χ0) is 19.0. The molecule has 140 valence electrons. The maximum Gasteiger partial charge on any atom is 0.262 e. The molecule has 0 unspecified atom stereocenters. The van der Waals surface area contributed by atoms with Crippen LogP contribution >= 0.6 is 0 Å². The second-order valence-corrected chi connectivity index (χ2v) is 8.25. The SMILES string of the molecule is NS(=O)(=O)c1ccc2c(c1)CCN2CC(=O)N1CCC(c2ccccc2)=N1. The summed E-state index contributed by atoms with van der Waals surface area (Å²) in [6.07, 6.45) is 1.43. The van der Waals surface area contributed by atoms with Gasteiger partial charge in [-0.3, -0.25) is 4.79 Å². The number of nitrogens with zero attached hydrogens (tertiary/aromatic N) is 3. The molecule has 0 fully saturated rings. The molecule has 27 heavy (non-hydrogen) atoms. The zero-order valence-electron chi connectivity index (χ0n) is 14.7. The summed E-state index contributed by atoms with van der Waals surface area (Å²) in [4.78, 5) is 14.7. The molecule has 0 aliphatic carbocycles. The molecule has 0 saturated heterocycles. The van der Waals surface area contributed by atoms with E-state index in [2.05, 4.69) is 5.10 Å². The molecular formula is C19H20N4O3S. The first-order chi connectivity index (χ1) is 12.9. The minimum absolute atomic E-state index is 0.0655. The molecule has 2 heterocycles. The van der Waals surface area contributed by atoms with Crippen molar-refractivity contribution in [3.8, 4) is 0 Å². The summed E-state index contributed by atoms with van der Waals surface area (Å²) in [6, 6.07) is 14.7. The van der Waals surface area contributed by atoms with E-state index >= 15 is 0 Å². The Labute approximate surface area is 158 Å². The van der Waals surface area contributed by atoms with Gasteiger partial charge in [-0.25, -0.2) is 18.6 Å². The van der Waals surface area contributed by atoms with Crippen LogP contribution in [0.4, 0.5) is 5.69 Å². The zero-order valence-corrected chi connectivity index (χ0v) is 15.5. The molecule has 0 aromatic heterocycles. The van der Waals surface area contributed by atoms with Crippen LogP contribution in [0.15, 0.2) is 58.5 Å². The van der Waals surface area contributed by atoms with Gasteiger partial charge in [0, 0.05) is 18.7 Å². The van der Waals surface area contributed by atoms with Gasteiger partial charge < -0.3 is 4.90 Å². The molecule has 2 N–H and O–H groups in total. The Morgan fingerprint density at radius 1 is 1.07 bits per heavy atom. The number of sulfonamides is 1. The molecule has 1 amide bonds. The molecule has 2 aliphatic rings. The summed E-state index contributed by atoms with van der Waals surface area (Å²) in [6.45, 7) is 1.46. The van der Waals surface area contributed by atoms with Crippen molar-refractivity contribution in [1.82, 2.24) is 5.01 Å². The molecule has 2 aromatic rings. The summed E-state index contributed by atoms with van der Waals surface area (Å²) in [5.74, 6) is -0.0655. The molecule has 0 spiro atoms. The molecular weight excluding hydrogens is 364 g/mol. The average Bonchev–Trinajstić information content (AvgIpc) is 3.29. The van der Waals surface area contributed by atoms with Crippen molar-refractivity contribution < 1.29 is 13.2 Å². The van der Waals surface area contributed by atoms with E-state index in [-0.39, 0.29) is 17.3 Å². The summed E-state index contributed by atoms with van der Waals surface area (Å²) < 4.78 is 23.0. The number of primary sulfonamides is 1. The average molecular weight is 384 g/mol. The third kappa shape index (κ3) is 3.58. The van der Waals surface area contributed by atoms with E-state index in [0.717, 1.165) is 28.9 Å². The minimum Gasteiger partial charge on any atom is -0.362 e. The Kier molecular flexibility index (Phi) is 4.45. The van der Waals surface area contributed by atoms with E-state index in [1.54, 1.807) is 12.1 Å². The topological polar surface area (TPSA) is 96.1 Å². The van der Waals surface area contributed by atoms with Gasteiger partial charge in [0.25, 0.3) is 5.91 Å². The Balaban J connectivity index is 1.47. The number of anilines is 1. The fraction of sp³-hybridized carbons (Fsp3) is 0.263. The molecule has 0 saturated carbocycles. The lowest BCUT2D eigenvalue weighted by molar-refractivity contribution is -0.129. The largest absolute Gasteiger partial charge is 0.362 e. The first-order valence-corrected chi connectivity index (χ1v) is 10.3. The molecule has 4 rings (SSSR count). The Morgan fingerprint density at radius 2 is 1.85 bits per heavy atom. The second kappa shape index (κ2) is 6.79. The van der Waals surface area contributed by atoms with Gasteiger partial charge in [0.15, 0.2) is 0 Å². The lowest BCUT2D eigenvalue weighted by Gasteiger charge is -2.21. The van der Waals surface area contributed by atoms with Crippen LogP contribution in [0.25, 0.3) is 0 Å². The van der Waals surface area contributed by atoms with Crippen molar-refractivity contribution in [1.29, 1.82) is 0 Å². The van der Waals surface area contributed by atoms with Crippen molar-refractivity contribution >= 4 is 27.3 Å². The van der Waals surface area contributed by atoms with Crippen molar-refractivity contribution in [3.63, 3.8) is 0 Å². The van der Waals surface area contributed by atoms with E-state index in [1.165, 1.54) is 11.1 Å². The number of hydrogen-bond donors (Lipinski definition) is 1. The number of hydrazone groups is 1. The third-order valence-corrected chi connectivity index (χ3v) is 5.81. The highest BCUT2D eigenvalue weighted by molar-refractivity contribution is 7.89. The molecule has 0 atom stereocenters. The van der Waals surface area contributed by atoms with E-state index in [4.69, 9.17) is 5.14 Å². The monoisotopic (exact) mass is 384 g/mol. The first-order valence-electron chi connectivity index (χ1n) is 8.76. The summed E-state index contributed by atoms with van der Waals surface area (Å²) in [5.41, 5.74) is 3.73. The second-order valence-electron chi connectivity index (χ2n) is 6.69. The van der Waals surface area contributed by atoms with Crippen LogP contribution in [0.3, 0.4) is 0 Å². The van der Waals surface area contributed by atoms with Crippen LogP contribution in [0.2, 0.25) is 0 Å². The highest BCUT2D eigenvalue weighted by atomic mass is 32.2. The van der Waals surface area contributed by atoms with Crippen molar-refractivity contribution in [2.75, 3.05) is 24.5 Å². The quantitative estimate of drug-likeness (QED) is 0.860. The number of carbonyl (C=O) groups is 1. The van der Waals surface area contributed by atoms with E-state index in [9.17, 15) is 13.2 Å². The first kappa shape index (κ1) is 17.7. The third-order valence-electron chi connectivity index (χ3n) is 4.89. The number of fused-ring (bicyclic) bond motifs is 1. The lowest BCUT2D eigenvalue weighted by atomic mass is 10.1. The van der Waals surface area contributed by atoms with Gasteiger partial charge in [-0.1, -0.05) is 30.3 Å². The van der Waals surface area contributed by atoms with Crippen LogP contribution in [-0.4, -0.2) is 44.7 Å². The van der Waals surface area contributed by atoms with Crippen LogP contribution < -0.4 is 10.0 Å². The smallest absolute Gasteiger partial charge is 0.262 e. The number of amides is 1. The fourth-order valence-corrected chi connectivity index (χ4v) is 4.07. The van der Waals surface area contributed by atoms with Crippen LogP contribution in [0.5, 0.6) is 0 Å². The standard InChI is InChI=1S/C19H20N4O3S/c20-27(25,26)16-6-7-18-15(12-16)8-10-22(18)13-19(24)23-11-9-17(21-23)14-4-2-1-3-5-14/h1-7,12H,8-11,13H2,(H2,20,25,26). The minimum atomic E-state index is -3.72. The van der Waals surface area contributed by atoms with Crippen molar-refractivity contribution in [2.45, 2.75) is 17.7 Å². The van der Waals surface area contributed by atoms with Gasteiger partial charge in [-0.15, -0.1) is 0 Å². The number of carbonyl (C=O) groups excluding carboxylic acids is 1. The number of hydrogen-bond acceptors (Lipinski definition) is 5. The summed E-state index contributed by atoms with van der Waals surface area (Å²) >= 11 is 0. The van der Waals surface area contributed by atoms with Crippen LogP contribution in [0.1, 0.15) is 17.5 Å². The molecule has 7 nitrogen and oxygen atoms in total. The molecule has 0 bridgehead atoms. The predicted octanol–water partition coefficient (Wildman–Crippen LogP) is 1.33. The number of nitrogens with two attached hydrogens (primary N) is 1.